The van der Waals surface area contributed by atoms with E-state index >= 15 is 0 Å². The summed E-state index contributed by atoms with van der Waals surface area (Å²) in [7, 11) is 0. The average molecular weight is 275 g/mol. The molecule has 0 spiro atoms. The van der Waals surface area contributed by atoms with Crippen LogP contribution in [0.4, 0.5) is 0 Å². The summed E-state index contributed by atoms with van der Waals surface area (Å²) in [4.78, 5) is 10.8. The zero-order valence-electron chi connectivity index (χ0n) is 11.5. The van der Waals surface area contributed by atoms with Gasteiger partial charge in [-0.2, -0.15) is 0 Å². The number of para-hydroxylation sites is 1. The number of carbonyl (C=O) groups is 1. The Labute approximate surface area is 117 Å². The van der Waals surface area contributed by atoms with Gasteiger partial charge in [-0.1, -0.05) is 30.6 Å². The third-order valence-corrected chi connectivity index (χ3v) is 2.91. The predicted octanol–water partition coefficient (Wildman–Crippen LogP) is 3.61. The van der Waals surface area contributed by atoms with E-state index in [0.717, 1.165) is 12.8 Å². The smallest absolute Gasteiger partial charge is 0.358 e. The second-order valence-corrected chi connectivity index (χ2v) is 4.59. The summed E-state index contributed by atoms with van der Waals surface area (Å²) < 4.78 is 11.0. The van der Waals surface area contributed by atoms with E-state index in [4.69, 9.17) is 14.4 Å². The van der Waals surface area contributed by atoms with E-state index in [2.05, 4.69) is 12.1 Å². The van der Waals surface area contributed by atoms with Crippen LogP contribution in [0.15, 0.2) is 34.9 Å². The molecule has 0 saturated carbocycles. The lowest BCUT2D eigenvalue weighted by atomic mass is 10.1. The molecule has 1 N–H and O–H groups in total. The summed E-state index contributed by atoms with van der Waals surface area (Å²) >= 11 is 0. The maximum absolute atomic E-state index is 10.8. The minimum atomic E-state index is -1.11. The van der Waals surface area contributed by atoms with Crippen molar-refractivity contribution >= 4 is 5.97 Å². The van der Waals surface area contributed by atoms with E-state index < -0.39 is 5.97 Å². The van der Waals surface area contributed by atoms with E-state index in [-0.39, 0.29) is 11.8 Å². The van der Waals surface area contributed by atoms with E-state index in [9.17, 15) is 4.79 Å². The van der Waals surface area contributed by atoms with Crippen LogP contribution in [-0.2, 0) is 0 Å². The number of ether oxygens (including phenoxy) is 1. The fraction of sp³-hybridized carbons (Fsp3) is 0.333. The van der Waals surface area contributed by atoms with Crippen LogP contribution in [0.25, 0.3) is 11.3 Å². The Bertz CT molecular complexity index is 591. The highest BCUT2D eigenvalue weighted by Gasteiger charge is 2.16. The fourth-order valence-corrected chi connectivity index (χ4v) is 1.96. The largest absolute Gasteiger partial charge is 0.490 e. The Morgan fingerprint density at radius 1 is 1.45 bits per heavy atom. The first kappa shape index (κ1) is 14.1. The molecule has 0 fully saturated rings. The molecule has 106 valence electrons. The molecule has 0 saturated heterocycles. The van der Waals surface area contributed by atoms with Crippen molar-refractivity contribution in [3.63, 3.8) is 0 Å². The first-order valence-electron chi connectivity index (χ1n) is 6.58. The number of carboxylic acids is 1. The van der Waals surface area contributed by atoms with Gasteiger partial charge in [0.2, 0.25) is 0 Å². The molecular weight excluding hydrogens is 258 g/mol. The maximum atomic E-state index is 10.8. The van der Waals surface area contributed by atoms with Gasteiger partial charge in [-0.15, -0.1) is 0 Å². The van der Waals surface area contributed by atoms with Gasteiger partial charge in [0, 0.05) is 6.07 Å². The van der Waals surface area contributed by atoms with Crippen molar-refractivity contribution in [3.8, 4) is 17.1 Å². The monoisotopic (exact) mass is 275 g/mol. The van der Waals surface area contributed by atoms with Crippen molar-refractivity contribution in [2.75, 3.05) is 0 Å². The lowest BCUT2D eigenvalue weighted by Gasteiger charge is -2.15. The van der Waals surface area contributed by atoms with Crippen LogP contribution in [0.5, 0.6) is 5.75 Å². The number of nitrogens with zero attached hydrogens (tertiary/aromatic N) is 1. The van der Waals surface area contributed by atoms with Crippen LogP contribution in [0.3, 0.4) is 0 Å². The van der Waals surface area contributed by atoms with Gasteiger partial charge in [0.25, 0.3) is 0 Å². The highest BCUT2D eigenvalue weighted by Crippen LogP contribution is 2.31. The number of benzene rings is 1. The van der Waals surface area contributed by atoms with Crippen LogP contribution >= 0.6 is 0 Å². The third-order valence-electron chi connectivity index (χ3n) is 2.91. The van der Waals surface area contributed by atoms with Crippen LogP contribution in [-0.4, -0.2) is 22.3 Å². The van der Waals surface area contributed by atoms with Crippen molar-refractivity contribution in [2.24, 2.45) is 0 Å². The molecule has 1 unspecified atom stereocenters. The highest BCUT2D eigenvalue weighted by molar-refractivity contribution is 5.86. The molecular formula is C15H17NO4. The van der Waals surface area contributed by atoms with Gasteiger partial charge in [0.1, 0.15) is 5.75 Å². The van der Waals surface area contributed by atoms with E-state index in [1.54, 1.807) is 0 Å². The minimum absolute atomic E-state index is 0.0861. The number of hydrogen-bond acceptors (Lipinski definition) is 4. The summed E-state index contributed by atoms with van der Waals surface area (Å²) in [5, 5.41) is 12.4. The van der Waals surface area contributed by atoms with E-state index in [0.29, 0.717) is 17.1 Å². The molecule has 1 atom stereocenters. The summed E-state index contributed by atoms with van der Waals surface area (Å²) in [6.45, 7) is 4.10. The van der Waals surface area contributed by atoms with Crippen molar-refractivity contribution in [3.05, 3.63) is 36.0 Å². The summed E-state index contributed by atoms with van der Waals surface area (Å²) in [5.41, 5.74) is 0.590. The Balaban J connectivity index is 2.28. The molecule has 20 heavy (non-hydrogen) atoms. The molecule has 1 heterocycles. The Hall–Kier alpha value is -2.30. The lowest BCUT2D eigenvalue weighted by molar-refractivity contribution is 0.0686. The number of carboxylic acid groups (broad SMARTS) is 1. The first-order chi connectivity index (χ1) is 9.61. The molecule has 0 aliphatic rings. The molecule has 2 rings (SSSR count). The SMILES string of the molecule is CCCC(C)Oc1ccccc1-c1cc(C(=O)O)no1. The standard InChI is InChI=1S/C15H17NO4/c1-3-6-10(2)19-13-8-5-4-7-11(13)14-9-12(15(17)18)16-20-14/h4-5,7-10H,3,6H2,1-2H3,(H,17,18). The molecule has 0 aliphatic carbocycles. The van der Waals surface area contributed by atoms with Crippen molar-refractivity contribution in [1.82, 2.24) is 5.16 Å². The Morgan fingerprint density at radius 2 is 2.20 bits per heavy atom. The topological polar surface area (TPSA) is 72.6 Å². The van der Waals surface area contributed by atoms with E-state index in [1.807, 2.05) is 31.2 Å². The second-order valence-electron chi connectivity index (χ2n) is 4.59. The van der Waals surface area contributed by atoms with Crippen molar-refractivity contribution in [1.29, 1.82) is 0 Å². The summed E-state index contributed by atoms with van der Waals surface area (Å²) in [5.74, 6) is -0.0546. The molecule has 0 amide bonds. The summed E-state index contributed by atoms with van der Waals surface area (Å²) in [6, 6.07) is 8.77. The Morgan fingerprint density at radius 3 is 2.85 bits per heavy atom. The number of rotatable bonds is 6. The van der Waals surface area contributed by atoms with Crippen LogP contribution in [0, 0.1) is 0 Å². The molecule has 0 bridgehead atoms. The van der Waals surface area contributed by atoms with Gasteiger partial charge in [0.15, 0.2) is 11.5 Å². The van der Waals surface area contributed by atoms with Crippen molar-refractivity contribution in [2.45, 2.75) is 32.8 Å². The fourth-order valence-electron chi connectivity index (χ4n) is 1.96. The normalized spacial score (nSPS) is 12.1. The van der Waals surface area contributed by atoms with Crippen molar-refractivity contribution < 1.29 is 19.2 Å². The highest BCUT2D eigenvalue weighted by atomic mass is 16.5. The average Bonchev–Trinajstić information content (AvgIpc) is 2.89. The van der Waals surface area contributed by atoms with Gasteiger partial charge < -0.3 is 14.4 Å². The first-order valence-corrected chi connectivity index (χ1v) is 6.58. The van der Waals surface area contributed by atoms with Gasteiger partial charge in [-0.25, -0.2) is 4.79 Å². The van der Waals surface area contributed by atoms with Crippen LogP contribution in [0.1, 0.15) is 37.2 Å². The van der Waals surface area contributed by atoms with Crippen LogP contribution in [0.2, 0.25) is 0 Å². The molecule has 0 radical (unpaired) electrons. The van der Waals surface area contributed by atoms with Gasteiger partial charge >= 0.3 is 5.97 Å². The quantitative estimate of drug-likeness (QED) is 0.871. The van der Waals surface area contributed by atoms with Crippen LogP contribution < -0.4 is 4.74 Å². The Kier molecular flexibility index (Phi) is 4.40. The molecule has 0 aliphatic heterocycles. The number of aromatic nitrogens is 1. The minimum Gasteiger partial charge on any atom is -0.490 e. The number of hydrogen-bond donors (Lipinski definition) is 1. The molecule has 1 aromatic carbocycles. The second kappa shape index (κ2) is 6.23. The summed E-state index contributed by atoms with van der Waals surface area (Å²) in [6.07, 6.45) is 2.07. The van der Waals surface area contributed by atoms with Gasteiger partial charge in [-0.3, -0.25) is 0 Å². The lowest BCUT2D eigenvalue weighted by Crippen LogP contribution is -2.11. The maximum Gasteiger partial charge on any atom is 0.358 e. The predicted molar refractivity (Wildman–Crippen MR) is 73.9 cm³/mol. The number of aromatic carboxylic acids is 1. The molecule has 5 nitrogen and oxygen atoms in total. The molecule has 2 aromatic rings. The zero-order chi connectivity index (χ0) is 14.5. The molecule has 1 aromatic heterocycles. The van der Waals surface area contributed by atoms with E-state index in [1.165, 1.54) is 6.07 Å². The third kappa shape index (κ3) is 3.17. The molecule has 5 heteroatoms. The zero-order valence-corrected chi connectivity index (χ0v) is 11.5. The van der Waals surface area contributed by atoms with Gasteiger partial charge in [0.05, 0.1) is 11.7 Å². The van der Waals surface area contributed by atoms with Gasteiger partial charge in [-0.05, 0) is 25.5 Å².